The lowest BCUT2D eigenvalue weighted by atomic mass is 9.53. The number of primary amides is 1. The Morgan fingerprint density at radius 3 is 2.50 bits per heavy atom. The van der Waals surface area contributed by atoms with Crippen molar-refractivity contribution in [3.63, 3.8) is 0 Å². The average molecular weight is 551 g/mol. The molecule has 5 rings (SSSR count). The van der Waals surface area contributed by atoms with Crippen LogP contribution in [0.25, 0.3) is 5.57 Å². The molecule has 214 valence electrons. The molecule has 0 radical (unpaired) electrons. The molecule has 40 heavy (non-hydrogen) atoms. The van der Waals surface area contributed by atoms with Gasteiger partial charge < -0.3 is 42.0 Å². The molecule has 2 heterocycles. The van der Waals surface area contributed by atoms with E-state index in [0.29, 0.717) is 22.8 Å². The van der Waals surface area contributed by atoms with E-state index in [1.54, 1.807) is 32.0 Å². The molecular formula is C29H38N6O5. The molecule has 2 amide bonds. The fraction of sp³-hybridized carbons (Fsp3) is 0.483. The number of nitrogens with one attached hydrogen (secondary N) is 1. The van der Waals surface area contributed by atoms with Crippen LogP contribution < -0.4 is 36.9 Å². The number of benzene rings is 1. The molecule has 0 atom stereocenters. The van der Waals surface area contributed by atoms with Gasteiger partial charge in [0.1, 0.15) is 18.1 Å². The first kappa shape index (κ1) is 27.7. The third kappa shape index (κ3) is 6.00. The van der Waals surface area contributed by atoms with Gasteiger partial charge in [-0.15, -0.1) is 0 Å². The quantitative estimate of drug-likeness (QED) is 0.272. The van der Waals surface area contributed by atoms with E-state index < -0.39 is 11.5 Å². The second kappa shape index (κ2) is 10.6. The monoisotopic (exact) mass is 550 g/mol. The number of carbonyl (C=O) groups is 2. The largest absolute Gasteiger partial charge is 0.489 e. The Kier molecular flexibility index (Phi) is 7.36. The molecule has 3 fully saturated rings. The highest BCUT2D eigenvalue weighted by atomic mass is 16.5. The van der Waals surface area contributed by atoms with E-state index in [1.165, 1.54) is 12.4 Å². The summed E-state index contributed by atoms with van der Waals surface area (Å²) in [6, 6.07) is 9.03. The molecule has 11 nitrogen and oxygen atoms in total. The van der Waals surface area contributed by atoms with Crippen molar-refractivity contribution in [3.05, 3.63) is 54.0 Å². The SMILES string of the molecule is CC(C)(O)COc1ccc(C(=CN)C(=O)NC2CC3(C2)CC(Oc2cc(N4CC(N)C4)ccc2C(N)=O)C3)nc1. The molecule has 8 N–H and O–H groups in total. The van der Waals surface area contributed by atoms with E-state index in [-0.39, 0.29) is 41.7 Å². The predicted molar refractivity (Wildman–Crippen MR) is 151 cm³/mol. The highest BCUT2D eigenvalue weighted by Gasteiger charge is 2.54. The van der Waals surface area contributed by atoms with E-state index in [1.807, 2.05) is 12.1 Å². The maximum absolute atomic E-state index is 12.9. The molecule has 2 aliphatic carbocycles. The molecule has 0 unspecified atom stereocenters. The van der Waals surface area contributed by atoms with Crippen molar-refractivity contribution in [2.45, 2.75) is 63.3 Å². The Labute approximate surface area is 233 Å². The first-order valence-electron chi connectivity index (χ1n) is 13.6. The zero-order valence-corrected chi connectivity index (χ0v) is 22.9. The normalized spacial score (nSPS) is 24.5. The molecule has 11 heteroatoms. The lowest BCUT2D eigenvalue weighted by molar-refractivity contribution is -0.122. The van der Waals surface area contributed by atoms with E-state index >= 15 is 0 Å². The van der Waals surface area contributed by atoms with Crippen LogP contribution in [0.1, 0.15) is 55.6 Å². The van der Waals surface area contributed by atoms with Crippen LogP contribution in [-0.2, 0) is 4.79 Å². The molecular weight excluding hydrogens is 512 g/mol. The Balaban J connectivity index is 1.11. The first-order chi connectivity index (χ1) is 18.9. The maximum atomic E-state index is 12.9. The lowest BCUT2D eigenvalue weighted by Crippen LogP contribution is -2.59. The Morgan fingerprint density at radius 2 is 1.93 bits per heavy atom. The van der Waals surface area contributed by atoms with Crippen molar-refractivity contribution >= 4 is 23.1 Å². The summed E-state index contributed by atoms with van der Waals surface area (Å²) in [5.74, 6) is 0.207. The van der Waals surface area contributed by atoms with Gasteiger partial charge in [-0.3, -0.25) is 14.6 Å². The fourth-order valence-corrected chi connectivity index (χ4v) is 5.75. The van der Waals surface area contributed by atoms with Crippen LogP contribution in [0.4, 0.5) is 5.69 Å². The van der Waals surface area contributed by atoms with Crippen molar-refractivity contribution in [2.75, 3.05) is 24.6 Å². The van der Waals surface area contributed by atoms with Gasteiger partial charge in [0, 0.05) is 43.1 Å². The van der Waals surface area contributed by atoms with Crippen molar-refractivity contribution < 1.29 is 24.2 Å². The summed E-state index contributed by atoms with van der Waals surface area (Å²) in [5, 5.41) is 12.9. The van der Waals surface area contributed by atoms with E-state index in [9.17, 15) is 14.7 Å². The fourth-order valence-electron chi connectivity index (χ4n) is 5.75. The summed E-state index contributed by atoms with van der Waals surface area (Å²) in [5.41, 5.74) is 18.5. The molecule has 1 saturated heterocycles. The summed E-state index contributed by atoms with van der Waals surface area (Å²) >= 11 is 0. The number of nitrogens with zero attached hydrogens (tertiary/aromatic N) is 2. The molecule has 0 bridgehead atoms. The molecule has 1 aromatic heterocycles. The summed E-state index contributed by atoms with van der Waals surface area (Å²) in [6.07, 6.45) is 6.15. The molecule has 1 aliphatic heterocycles. The molecule has 2 saturated carbocycles. The van der Waals surface area contributed by atoms with Gasteiger partial charge in [0.25, 0.3) is 11.8 Å². The van der Waals surface area contributed by atoms with Crippen molar-refractivity contribution in [1.82, 2.24) is 10.3 Å². The Morgan fingerprint density at radius 1 is 1.20 bits per heavy atom. The summed E-state index contributed by atoms with van der Waals surface area (Å²) in [7, 11) is 0. The number of anilines is 1. The highest BCUT2D eigenvalue weighted by molar-refractivity contribution is 6.18. The molecule has 2 aromatic rings. The van der Waals surface area contributed by atoms with Crippen LogP contribution in [0, 0.1) is 5.41 Å². The second-order valence-electron chi connectivity index (χ2n) is 12.0. The number of pyridine rings is 1. The second-order valence-corrected chi connectivity index (χ2v) is 12.0. The van der Waals surface area contributed by atoms with Gasteiger partial charge in [-0.25, -0.2) is 0 Å². The number of amides is 2. The van der Waals surface area contributed by atoms with E-state index in [0.717, 1.165) is 44.5 Å². The van der Waals surface area contributed by atoms with Crippen LogP contribution in [-0.4, -0.2) is 65.4 Å². The number of hydrogen-bond acceptors (Lipinski definition) is 9. The van der Waals surface area contributed by atoms with Gasteiger partial charge >= 0.3 is 0 Å². The van der Waals surface area contributed by atoms with Gasteiger partial charge in [-0.05, 0) is 69.2 Å². The van der Waals surface area contributed by atoms with Crippen LogP contribution in [0.5, 0.6) is 11.5 Å². The molecule has 1 spiro atoms. The van der Waals surface area contributed by atoms with Crippen molar-refractivity contribution in [3.8, 4) is 11.5 Å². The lowest BCUT2D eigenvalue weighted by Gasteiger charge is -2.57. The van der Waals surface area contributed by atoms with Gasteiger partial charge in [-0.2, -0.15) is 0 Å². The first-order valence-corrected chi connectivity index (χ1v) is 13.6. The number of nitrogens with two attached hydrogens (primary N) is 3. The zero-order chi connectivity index (χ0) is 28.7. The third-order valence-electron chi connectivity index (χ3n) is 7.83. The van der Waals surface area contributed by atoms with Crippen LogP contribution in [0.15, 0.2) is 42.7 Å². The average Bonchev–Trinajstić information content (AvgIpc) is 2.83. The molecule has 1 aromatic carbocycles. The highest BCUT2D eigenvalue weighted by Crippen LogP contribution is 2.57. The smallest absolute Gasteiger partial charge is 0.255 e. The van der Waals surface area contributed by atoms with Gasteiger partial charge in [0.2, 0.25) is 0 Å². The summed E-state index contributed by atoms with van der Waals surface area (Å²) in [4.78, 5) is 31.3. The van der Waals surface area contributed by atoms with Crippen molar-refractivity contribution in [1.29, 1.82) is 0 Å². The minimum absolute atomic E-state index is 0.00973. The number of carbonyl (C=O) groups excluding carboxylic acids is 2. The summed E-state index contributed by atoms with van der Waals surface area (Å²) in [6.45, 7) is 4.97. The van der Waals surface area contributed by atoms with Gasteiger partial charge in [-0.1, -0.05) is 0 Å². The number of aliphatic hydroxyl groups is 1. The number of hydrogen-bond donors (Lipinski definition) is 5. The predicted octanol–water partition coefficient (Wildman–Crippen LogP) is 1.28. The minimum atomic E-state index is -0.964. The number of aromatic nitrogens is 1. The standard InChI is InChI=1S/C29H38N6O5/c1-28(2,38)16-39-20-4-6-24(33-13-20)23(12-30)27(37)34-18-8-29(9-18)10-21(11-29)40-25-7-19(35-14-17(31)15-35)3-5-22(25)26(32)36/h3-7,12-13,17-18,21,38H,8-11,14-16,30-31H2,1-2H3,(H2,32,36)(H,34,37). The van der Waals surface area contributed by atoms with Crippen LogP contribution >= 0.6 is 0 Å². The Hall–Kier alpha value is -3.83. The zero-order valence-electron chi connectivity index (χ0n) is 22.9. The van der Waals surface area contributed by atoms with Gasteiger partial charge in [0.05, 0.1) is 34.7 Å². The summed E-state index contributed by atoms with van der Waals surface area (Å²) < 4.78 is 11.8. The van der Waals surface area contributed by atoms with Gasteiger partial charge in [0.15, 0.2) is 0 Å². The number of rotatable bonds is 10. The Bertz CT molecular complexity index is 1280. The number of ether oxygens (including phenoxy) is 2. The topological polar surface area (TPSA) is 179 Å². The van der Waals surface area contributed by atoms with Crippen LogP contribution in [0.3, 0.4) is 0 Å². The maximum Gasteiger partial charge on any atom is 0.255 e. The third-order valence-corrected chi connectivity index (χ3v) is 7.83. The van der Waals surface area contributed by atoms with Crippen LogP contribution in [0.2, 0.25) is 0 Å². The molecule has 3 aliphatic rings. The van der Waals surface area contributed by atoms with E-state index in [2.05, 4.69) is 15.2 Å². The minimum Gasteiger partial charge on any atom is -0.489 e. The van der Waals surface area contributed by atoms with Crippen molar-refractivity contribution in [2.24, 2.45) is 22.6 Å². The van der Waals surface area contributed by atoms with E-state index in [4.69, 9.17) is 26.7 Å².